The van der Waals surface area contributed by atoms with Gasteiger partial charge < -0.3 is 5.32 Å². The number of hydrogen-bond donors (Lipinski definition) is 1. The molecule has 2 rings (SSSR count). The quantitative estimate of drug-likeness (QED) is 0.881. The van der Waals surface area contributed by atoms with Crippen molar-refractivity contribution in [2.24, 2.45) is 0 Å². The van der Waals surface area contributed by atoms with Gasteiger partial charge in [-0.05, 0) is 23.3 Å². The van der Waals surface area contributed by atoms with E-state index in [-0.39, 0.29) is 18.4 Å². The number of nitrogens with one attached hydrogen (secondary N) is 1. The van der Waals surface area contributed by atoms with Crippen molar-refractivity contribution in [1.82, 2.24) is 5.32 Å². The highest BCUT2D eigenvalue weighted by Gasteiger charge is 2.16. The Balaban J connectivity index is 2.06. The molecular weight excluding hydrogens is 318 g/mol. The first-order valence-electron chi connectivity index (χ1n) is 6.93. The average Bonchev–Trinajstić information content (AvgIpc) is 2.47. The fourth-order valence-electron chi connectivity index (χ4n) is 2.22. The molecule has 5 heteroatoms. The van der Waals surface area contributed by atoms with E-state index in [1.165, 1.54) is 0 Å². The van der Waals surface area contributed by atoms with Crippen molar-refractivity contribution in [1.29, 1.82) is 0 Å². The molecule has 0 saturated heterocycles. The number of carbonyl (C=O) groups is 1. The highest BCUT2D eigenvalue weighted by atomic mass is 35.5. The van der Waals surface area contributed by atoms with Gasteiger partial charge in [-0.2, -0.15) is 0 Å². The van der Waals surface area contributed by atoms with Crippen LogP contribution in [0.15, 0.2) is 54.6 Å². The fourth-order valence-corrected chi connectivity index (χ4v) is 3.18. The summed E-state index contributed by atoms with van der Waals surface area (Å²) in [5.41, 5.74) is 1.81. The summed E-state index contributed by atoms with van der Waals surface area (Å²) in [7, 11) is -0.999. The highest BCUT2D eigenvalue weighted by Crippen LogP contribution is 2.15. The minimum atomic E-state index is -0.999. The summed E-state index contributed by atoms with van der Waals surface area (Å²) in [6.07, 6.45) is 1.89. The molecule has 0 spiro atoms. The van der Waals surface area contributed by atoms with Gasteiger partial charge in [0.05, 0.1) is 12.5 Å². The number of halogens is 1. The normalized spacial score (nSPS) is 13.4. The summed E-state index contributed by atoms with van der Waals surface area (Å²) in [4.78, 5) is 12.2. The standard InChI is InChI=1S/C17H18ClNO2S/c1-22(21)12-16(14-7-3-2-4-8-14)19-17(20)11-13-6-5-9-15(18)10-13/h2-10,16H,11-12H2,1H3,(H,19,20)/t16-,22+/m1/s1. The van der Waals surface area contributed by atoms with E-state index >= 15 is 0 Å². The Morgan fingerprint density at radius 1 is 1.18 bits per heavy atom. The van der Waals surface area contributed by atoms with Crippen LogP contribution in [-0.4, -0.2) is 22.1 Å². The topological polar surface area (TPSA) is 46.2 Å². The Morgan fingerprint density at radius 2 is 1.91 bits per heavy atom. The van der Waals surface area contributed by atoms with E-state index in [1.54, 1.807) is 18.4 Å². The van der Waals surface area contributed by atoms with Gasteiger partial charge in [0.2, 0.25) is 5.91 Å². The molecule has 1 amide bonds. The zero-order chi connectivity index (χ0) is 15.9. The molecule has 116 valence electrons. The van der Waals surface area contributed by atoms with Crippen LogP contribution in [0.3, 0.4) is 0 Å². The van der Waals surface area contributed by atoms with E-state index in [2.05, 4.69) is 5.32 Å². The largest absolute Gasteiger partial charge is 0.348 e. The molecule has 0 radical (unpaired) electrons. The molecule has 2 aromatic carbocycles. The molecule has 0 aromatic heterocycles. The van der Waals surface area contributed by atoms with Crippen molar-refractivity contribution in [3.63, 3.8) is 0 Å². The number of amides is 1. The minimum Gasteiger partial charge on any atom is -0.348 e. The van der Waals surface area contributed by atoms with Crippen molar-refractivity contribution >= 4 is 28.3 Å². The lowest BCUT2D eigenvalue weighted by molar-refractivity contribution is -0.121. The van der Waals surface area contributed by atoms with Crippen molar-refractivity contribution in [3.05, 3.63) is 70.7 Å². The van der Waals surface area contributed by atoms with Crippen LogP contribution in [0.4, 0.5) is 0 Å². The van der Waals surface area contributed by atoms with E-state index in [0.29, 0.717) is 10.8 Å². The minimum absolute atomic E-state index is 0.110. The van der Waals surface area contributed by atoms with Crippen LogP contribution in [0.5, 0.6) is 0 Å². The predicted octanol–water partition coefficient (Wildman–Crippen LogP) is 3.12. The zero-order valence-corrected chi connectivity index (χ0v) is 13.9. The smallest absolute Gasteiger partial charge is 0.224 e. The molecule has 2 atom stereocenters. The maximum atomic E-state index is 12.2. The van der Waals surface area contributed by atoms with Gasteiger partial charge in [0.25, 0.3) is 0 Å². The summed E-state index contributed by atoms with van der Waals surface area (Å²) >= 11 is 5.93. The lowest BCUT2D eigenvalue weighted by Gasteiger charge is -2.18. The lowest BCUT2D eigenvalue weighted by Crippen LogP contribution is -2.32. The Bertz CT molecular complexity index is 661. The number of carbonyl (C=O) groups excluding carboxylic acids is 1. The Kier molecular flexibility index (Phi) is 6.16. The first-order chi connectivity index (χ1) is 10.5. The van der Waals surface area contributed by atoms with Crippen LogP contribution in [0.1, 0.15) is 17.2 Å². The molecule has 0 aliphatic carbocycles. The van der Waals surface area contributed by atoms with E-state index < -0.39 is 10.8 Å². The van der Waals surface area contributed by atoms with Gasteiger partial charge in [-0.25, -0.2) is 0 Å². The SMILES string of the molecule is C[S@](=O)C[C@@H](NC(=O)Cc1cccc(Cl)c1)c1ccccc1. The van der Waals surface area contributed by atoms with Crippen LogP contribution >= 0.6 is 11.6 Å². The predicted molar refractivity (Wildman–Crippen MR) is 91.4 cm³/mol. The maximum Gasteiger partial charge on any atom is 0.224 e. The number of rotatable bonds is 6. The van der Waals surface area contributed by atoms with Crippen molar-refractivity contribution in [2.75, 3.05) is 12.0 Å². The maximum absolute atomic E-state index is 12.2. The van der Waals surface area contributed by atoms with Gasteiger partial charge in [-0.15, -0.1) is 0 Å². The molecule has 0 aliphatic heterocycles. The second-order valence-corrected chi connectivity index (χ2v) is 6.99. The van der Waals surface area contributed by atoms with Crippen LogP contribution in [0.2, 0.25) is 5.02 Å². The van der Waals surface area contributed by atoms with Gasteiger partial charge in [0.15, 0.2) is 0 Å². The van der Waals surface area contributed by atoms with Crippen LogP contribution in [-0.2, 0) is 22.0 Å². The van der Waals surface area contributed by atoms with Gasteiger partial charge >= 0.3 is 0 Å². The molecule has 2 aromatic rings. The third-order valence-corrected chi connectivity index (χ3v) is 4.23. The van der Waals surface area contributed by atoms with Gasteiger partial charge in [0, 0.05) is 27.8 Å². The summed E-state index contributed by atoms with van der Waals surface area (Å²) in [5, 5.41) is 3.57. The molecule has 0 saturated carbocycles. The van der Waals surface area contributed by atoms with E-state index in [9.17, 15) is 9.00 Å². The Labute approximate surface area is 138 Å². The van der Waals surface area contributed by atoms with Gasteiger partial charge in [0.1, 0.15) is 0 Å². The number of hydrogen-bond acceptors (Lipinski definition) is 2. The number of benzene rings is 2. The average molecular weight is 336 g/mol. The zero-order valence-electron chi connectivity index (χ0n) is 12.3. The Hall–Kier alpha value is -1.65. The molecule has 0 bridgehead atoms. The van der Waals surface area contributed by atoms with Crippen molar-refractivity contribution < 1.29 is 9.00 Å². The Morgan fingerprint density at radius 3 is 2.55 bits per heavy atom. The molecule has 22 heavy (non-hydrogen) atoms. The van der Waals surface area contributed by atoms with E-state index in [4.69, 9.17) is 11.6 Å². The second kappa shape index (κ2) is 8.11. The first kappa shape index (κ1) is 16.7. The summed E-state index contributed by atoms with van der Waals surface area (Å²) in [5.74, 6) is 0.284. The lowest BCUT2D eigenvalue weighted by atomic mass is 10.1. The molecule has 1 N–H and O–H groups in total. The van der Waals surface area contributed by atoms with Gasteiger partial charge in [-0.1, -0.05) is 54.1 Å². The molecular formula is C17H18ClNO2S. The fraction of sp³-hybridized carbons (Fsp3) is 0.235. The molecule has 3 nitrogen and oxygen atoms in total. The molecule has 0 fully saturated rings. The second-order valence-electron chi connectivity index (χ2n) is 5.08. The van der Waals surface area contributed by atoms with Gasteiger partial charge in [-0.3, -0.25) is 9.00 Å². The third-order valence-electron chi connectivity index (χ3n) is 3.19. The molecule has 0 heterocycles. The summed E-state index contributed by atoms with van der Waals surface area (Å²) in [6, 6.07) is 16.6. The van der Waals surface area contributed by atoms with Crippen molar-refractivity contribution in [2.45, 2.75) is 12.5 Å². The highest BCUT2D eigenvalue weighted by molar-refractivity contribution is 7.84. The van der Waals surface area contributed by atoms with E-state index in [1.807, 2.05) is 42.5 Å². The van der Waals surface area contributed by atoms with Crippen LogP contribution < -0.4 is 5.32 Å². The first-order valence-corrected chi connectivity index (χ1v) is 9.04. The van der Waals surface area contributed by atoms with E-state index in [0.717, 1.165) is 11.1 Å². The molecule has 0 unspecified atom stereocenters. The summed E-state index contributed by atoms with van der Waals surface area (Å²) < 4.78 is 11.6. The van der Waals surface area contributed by atoms with Crippen LogP contribution in [0, 0.1) is 0 Å². The molecule has 0 aliphatic rings. The third kappa shape index (κ3) is 5.28. The monoisotopic (exact) mass is 335 g/mol. The van der Waals surface area contributed by atoms with Crippen LogP contribution in [0.25, 0.3) is 0 Å². The van der Waals surface area contributed by atoms with Crippen molar-refractivity contribution in [3.8, 4) is 0 Å². The summed E-state index contributed by atoms with van der Waals surface area (Å²) in [6.45, 7) is 0.